The zero-order valence-corrected chi connectivity index (χ0v) is 32.5. The highest BCUT2D eigenvalue weighted by atomic mass is 35.5. The lowest BCUT2D eigenvalue weighted by Gasteiger charge is -2.36. The van der Waals surface area contributed by atoms with Crippen LogP contribution < -0.4 is 20.4 Å². The van der Waals surface area contributed by atoms with E-state index in [2.05, 4.69) is 15.6 Å². The number of hydrogen-bond acceptors (Lipinski definition) is 9. The van der Waals surface area contributed by atoms with Gasteiger partial charge in [0, 0.05) is 62.4 Å². The van der Waals surface area contributed by atoms with E-state index in [1.165, 1.54) is 33.5 Å². The van der Waals surface area contributed by atoms with Gasteiger partial charge in [0.05, 0.1) is 10.9 Å². The number of rotatable bonds is 8. The quantitative estimate of drug-likeness (QED) is 0.305. The summed E-state index contributed by atoms with van der Waals surface area (Å²) in [6.45, 7) is 11.3. The molecule has 3 amide bonds. The van der Waals surface area contributed by atoms with Crippen molar-refractivity contribution in [2.75, 3.05) is 42.5 Å². The Kier molecular flexibility index (Phi) is 11.9. The average molecular weight is 783 g/mol. The summed E-state index contributed by atoms with van der Waals surface area (Å²) in [5.41, 5.74) is -1.10. The summed E-state index contributed by atoms with van der Waals surface area (Å²) >= 11 is 6.26. The number of benzene rings is 1. The van der Waals surface area contributed by atoms with E-state index in [1.807, 2.05) is 0 Å². The van der Waals surface area contributed by atoms with E-state index in [0.717, 1.165) is 0 Å². The highest BCUT2D eigenvalue weighted by Crippen LogP contribution is 2.45. The summed E-state index contributed by atoms with van der Waals surface area (Å²) < 4.78 is 70.9. The predicted octanol–water partition coefficient (Wildman–Crippen LogP) is 6.05. The van der Waals surface area contributed by atoms with Crippen LogP contribution in [0, 0.1) is 5.92 Å². The highest BCUT2D eigenvalue weighted by Gasteiger charge is 2.44. The second-order valence-corrected chi connectivity index (χ2v) is 18.1. The number of sulfonamides is 1. The Bertz CT molecular complexity index is 1770. The van der Waals surface area contributed by atoms with Crippen molar-refractivity contribution in [3.05, 3.63) is 47.1 Å². The number of piperazine rings is 1. The SMILES string of the molecule is CC(C)(C)OC(=O)NC1CCC(C(F)(F)c2cc(Cl)nc(N3CCN(S(=O)(=O)c4ccc(N5C[C@H](NC(=O)OC(C)(C)C)CC5=O)cc4)CC3)c2)CC1. The number of alkyl halides is 2. The first kappa shape index (κ1) is 40.4. The van der Waals surface area contributed by atoms with Crippen LogP contribution >= 0.6 is 11.6 Å². The van der Waals surface area contributed by atoms with Crippen molar-refractivity contribution in [1.82, 2.24) is 19.9 Å². The van der Waals surface area contributed by atoms with E-state index in [0.29, 0.717) is 18.5 Å². The number of ether oxygens (including phenoxy) is 2. The number of aromatic nitrogens is 1. The van der Waals surface area contributed by atoms with Gasteiger partial charge in [-0.25, -0.2) is 31.8 Å². The van der Waals surface area contributed by atoms with Crippen molar-refractivity contribution in [2.24, 2.45) is 5.92 Å². The molecule has 0 spiro atoms. The van der Waals surface area contributed by atoms with Gasteiger partial charge in [-0.3, -0.25) is 4.79 Å². The molecule has 0 radical (unpaired) electrons. The lowest BCUT2D eigenvalue weighted by Crippen LogP contribution is -2.49. The van der Waals surface area contributed by atoms with E-state index in [4.69, 9.17) is 21.1 Å². The maximum Gasteiger partial charge on any atom is 0.407 e. The molecule has 0 bridgehead atoms. The molecule has 0 unspecified atom stereocenters. The molecule has 17 heteroatoms. The van der Waals surface area contributed by atoms with Gasteiger partial charge >= 0.3 is 12.2 Å². The molecule has 2 N–H and O–H groups in total. The van der Waals surface area contributed by atoms with E-state index >= 15 is 8.78 Å². The molecule has 2 aliphatic heterocycles. The molecule has 3 fully saturated rings. The lowest BCUT2D eigenvalue weighted by molar-refractivity contribution is -0.117. The summed E-state index contributed by atoms with van der Waals surface area (Å²) in [5, 5.41) is 5.40. The Morgan fingerprint density at radius 1 is 0.849 bits per heavy atom. The molecular formula is C36H49ClF2N6O7S. The molecular weight excluding hydrogens is 734 g/mol. The summed E-state index contributed by atoms with van der Waals surface area (Å²) in [5.74, 6) is -4.14. The maximum atomic E-state index is 15.9. The summed E-state index contributed by atoms with van der Waals surface area (Å²) in [4.78, 5) is 44.6. The average Bonchev–Trinajstić information content (AvgIpc) is 3.42. The number of hydrogen-bond donors (Lipinski definition) is 2. The van der Waals surface area contributed by atoms with Crippen molar-refractivity contribution in [3.63, 3.8) is 0 Å². The molecule has 1 atom stereocenters. The second-order valence-electron chi connectivity index (χ2n) is 15.8. The fraction of sp³-hybridized carbons (Fsp3) is 0.611. The van der Waals surface area contributed by atoms with Gasteiger partial charge in [0.2, 0.25) is 15.9 Å². The van der Waals surface area contributed by atoms with Gasteiger partial charge in [-0.15, -0.1) is 0 Å². The number of carbonyl (C=O) groups is 3. The van der Waals surface area contributed by atoms with Crippen LogP contribution in [0.5, 0.6) is 0 Å². The van der Waals surface area contributed by atoms with Crippen LogP contribution in [0.2, 0.25) is 5.15 Å². The predicted molar refractivity (Wildman–Crippen MR) is 196 cm³/mol. The van der Waals surface area contributed by atoms with Crippen LogP contribution in [0.4, 0.5) is 29.9 Å². The Morgan fingerprint density at radius 3 is 1.94 bits per heavy atom. The van der Waals surface area contributed by atoms with Crippen LogP contribution in [0.15, 0.2) is 41.3 Å². The van der Waals surface area contributed by atoms with Gasteiger partial charge in [-0.2, -0.15) is 4.31 Å². The molecule has 2 saturated heterocycles. The third-order valence-electron chi connectivity index (χ3n) is 9.32. The Hall–Kier alpha value is -3.76. The first-order chi connectivity index (χ1) is 24.6. The van der Waals surface area contributed by atoms with Gasteiger partial charge in [0.15, 0.2) is 0 Å². The largest absolute Gasteiger partial charge is 0.444 e. The molecule has 53 heavy (non-hydrogen) atoms. The standard InChI is InChI=1S/C36H49ClF2N6O7S/c1-34(2,3)51-32(47)40-25-9-7-23(8-10-25)36(38,39)24-19-29(37)42-30(20-24)43-15-17-44(18-16-43)53(49,50)28-13-11-27(12-14-28)45-22-26(21-31(45)46)41-33(48)52-35(4,5)6/h11-14,19-20,23,25-26H,7-10,15-18,21-22H2,1-6H3,(H,40,47)(H,41,48)/t23?,25?,26-/m1/s1. The van der Waals surface area contributed by atoms with Gasteiger partial charge in [-0.05, 0) is 104 Å². The molecule has 292 valence electrons. The van der Waals surface area contributed by atoms with Crippen LogP contribution in [-0.2, 0) is 30.2 Å². The zero-order chi connectivity index (χ0) is 38.9. The lowest BCUT2D eigenvalue weighted by atomic mass is 9.80. The van der Waals surface area contributed by atoms with Gasteiger partial charge in [0.1, 0.15) is 22.2 Å². The molecule has 3 aliphatic rings. The van der Waals surface area contributed by atoms with Crippen molar-refractivity contribution in [1.29, 1.82) is 0 Å². The van der Waals surface area contributed by atoms with Crippen LogP contribution in [-0.4, -0.2) is 91.8 Å². The molecule has 2 aromatic rings. The maximum absolute atomic E-state index is 15.9. The van der Waals surface area contributed by atoms with Crippen LogP contribution in [0.1, 0.15) is 79.2 Å². The Balaban J connectivity index is 1.16. The fourth-order valence-electron chi connectivity index (χ4n) is 6.78. The van der Waals surface area contributed by atoms with Gasteiger partial charge in [0.25, 0.3) is 5.92 Å². The number of nitrogens with zero attached hydrogens (tertiary/aromatic N) is 4. The monoisotopic (exact) mass is 782 g/mol. The smallest absolute Gasteiger partial charge is 0.407 e. The van der Waals surface area contributed by atoms with Crippen molar-refractivity contribution in [2.45, 2.75) is 108 Å². The molecule has 1 saturated carbocycles. The first-order valence-electron chi connectivity index (χ1n) is 17.8. The molecule has 13 nitrogen and oxygen atoms in total. The molecule has 1 aromatic carbocycles. The topological polar surface area (TPSA) is 150 Å². The number of halogens is 3. The van der Waals surface area contributed by atoms with E-state index < -0.39 is 51.3 Å². The molecule has 3 heterocycles. The van der Waals surface area contributed by atoms with Gasteiger partial charge in [-0.1, -0.05) is 11.6 Å². The molecule has 5 rings (SSSR count). The second kappa shape index (κ2) is 15.5. The van der Waals surface area contributed by atoms with Gasteiger partial charge < -0.3 is 29.9 Å². The van der Waals surface area contributed by atoms with Crippen molar-refractivity contribution in [3.8, 4) is 0 Å². The first-order valence-corrected chi connectivity index (χ1v) is 19.6. The van der Waals surface area contributed by atoms with Crippen molar-refractivity contribution < 1.29 is 41.1 Å². The number of carbonyl (C=O) groups excluding carboxylic acids is 3. The van der Waals surface area contributed by atoms with Crippen LogP contribution in [0.3, 0.4) is 0 Å². The fourth-order valence-corrected chi connectivity index (χ4v) is 8.41. The normalized spacial score (nSPS) is 22.1. The summed E-state index contributed by atoms with van der Waals surface area (Å²) in [7, 11) is -3.91. The highest BCUT2D eigenvalue weighted by molar-refractivity contribution is 7.89. The zero-order valence-electron chi connectivity index (χ0n) is 31.0. The number of anilines is 2. The van der Waals surface area contributed by atoms with E-state index in [9.17, 15) is 22.8 Å². The third-order valence-corrected chi connectivity index (χ3v) is 11.4. The number of alkyl carbamates (subject to hydrolysis) is 2. The minimum Gasteiger partial charge on any atom is -0.444 e. The van der Waals surface area contributed by atoms with E-state index in [-0.39, 0.29) is 85.4 Å². The summed E-state index contributed by atoms with van der Waals surface area (Å²) in [6.07, 6.45) is 0.0577. The van der Waals surface area contributed by atoms with Crippen LogP contribution in [0.25, 0.3) is 0 Å². The van der Waals surface area contributed by atoms with Crippen molar-refractivity contribution >= 4 is 51.2 Å². The summed E-state index contributed by atoms with van der Waals surface area (Å²) in [6, 6.07) is 7.77. The number of nitrogens with one attached hydrogen (secondary N) is 2. The minimum absolute atomic E-state index is 0.0450. The Morgan fingerprint density at radius 2 is 1.40 bits per heavy atom. The molecule has 1 aliphatic carbocycles. The van der Waals surface area contributed by atoms with E-state index in [1.54, 1.807) is 58.6 Å². The number of amides is 3. The Labute approximate surface area is 314 Å². The number of pyridine rings is 1. The third kappa shape index (κ3) is 10.3. The minimum atomic E-state index is -3.91. The molecule has 1 aromatic heterocycles.